The van der Waals surface area contributed by atoms with Crippen LogP contribution in [0.3, 0.4) is 0 Å². The maximum Gasteiger partial charge on any atom is 0.339 e. The van der Waals surface area contributed by atoms with Crippen LogP contribution in [0.5, 0.6) is 5.75 Å². The summed E-state index contributed by atoms with van der Waals surface area (Å²) in [6.45, 7) is 1.86. The van der Waals surface area contributed by atoms with Crippen LogP contribution in [0.25, 0.3) is 0 Å². The number of ether oxygens (including phenoxy) is 2. The molecule has 0 N–H and O–H groups in total. The van der Waals surface area contributed by atoms with Crippen molar-refractivity contribution < 1.29 is 18.7 Å². The van der Waals surface area contributed by atoms with E-state index >= 15 is 0 Å². The first kappa shape index (κ1) is 11.8. The van der Waals surface area contributed by atoms with Crippen LogP contribution in [0.1, 0.15) is 17.3 Å². The SMILES string of the molecule is CCOC(=O)c1cc(F)cc(OC)c1Cl. The highest BCUT2D eigenvalue weighted by molar-refractivity contribution is 6.35. The summed E-state index contributed by atoms with van der Waals surface area (Å²) in [5.74, 6) is -1.15. The van der Waals surface area contributed by atoms with Crippen LogP contribution < -0.4 is 4.74 Å². The van der Waals surface area contributed by atoms with Gasteiger partial charge in [0.2, 0.25) is 0 Å². The molecule has 0 aliphatic carbocycles. The van der Waals surface area contributed by atoms with Gasteiger partial charge in [-0.25, -0.2) is 9.18 Å². The maximum absolute atomic E-state index is 13.0. The monoisotopic (exact) mass is 232 g/mol. The standard InChI is InChI=1S/C10H10ClFO3/c1-3-15-10(13)7-4-6(12)5-8(14-2)9(7)11/h4-5H,3H2,1-2H3. The molecule has 0 aromatic heterocycles. The lowest BCUT2D eigenvalue weighted by Crippen LogP contribution is -2.06. The van der Waals surface area contributed by atoms with E-state index in [0.29, 0.717) is 0 Å². The summed E-state index contributed by atoms with van der Waals surface area (Å²) in [4.78, 5) is 11.4. The molecule has 0 radical (unpaired) electrons. The van der Waals surface area contributed by atoms with Crippen LogP contribution in [0.4, 0.5) is 4.39 Å². The maximum atomic E-state index is 13.0. The Balaban J connectivity index is 3.17. The molecule has 5 heteroatoms. The van der Waals surface area contributed by atoms with Crippen molar-refractivity contribution >= 4 is 17.6 Å². The van der Waals surface area contributed by atoms with Gasteiger partial charge in [0, 0.05) is 6.07 Å². The first-order chi connectivity index (χ1) is 7.10. The summed E-state index contributed by atoms with van der Waals surface area (Å²) in [7, 11) is 1.34. The molecule has 15 heavy (non-hydrogen) atoms. The molecule has 1 aromatic rings. The number of rotatable bonds is 3. The highest BCUT2D eigenvalue weighted by Crippen LogP contribution is 2.29. The van der Waals surface area contributed by atoms with Crippen molar-refractivity contribution in [3.63, 3.8) is 0 Å². The second-order valence-corrected chi connectivity index (χ2v) is 3.07. The van der Waals surface area contributed by atoms with Crippen LogP contribution >= 0.6 is 11.6 Å². The summed E-state index contributed by atoms with van der Waals surface area (Å²) >= 11 is 5.82. The lowest BCUT2D eigenvalue weighted by Gasteiger charge is -2.08. The first-order valence-electron chi connectivity index (χ1n) is 4.30. The van der Waals surface area contributed by atoms with Gasteiger partial charge in [-0.2, -0.15) is 0 Å². The zero-order chi connectivity index (χ0) is 11.4. The molecule has 0 saturated carbocycles. The fourth-order valence-corrected chi connectivity index (χ4v) is 1.33. The van der Waals surface area contributed by atoms with Gasteiger partial charge >= 0.3 is 5.97 Å². The van der Waals surface area contributed by atoms with Crippen molar-refractivity contribution in [2.24, 2.45) is 0 Å². The Morgan fingerprint density at radius 1 is 1.53 bits per heavy atom. The Kier molecular flexibility index (Phi) is 3.91. The molecule has 0 amide bonds. The highest BCUT2D eigenvalue weighted by Gasteiger charge is 2.17. The molecule has 3 nitrogen and oxygen atoms in total. The van der Waals surface area contributed by atoms with E-state index in [1.807, 2.05) is 0 Å². The third-order valence-corrected chi connectivity index (χ3v) is 2.11. The third-order valence-electron chi connectivity index (χ3n) is 1.72. The normalized spacial score (nSPS) is 9.87. The van der Waals surface area contributed by atoms with Gasteiger partial charge in [0.1, 0.15) is 11.6 Å². The fourth-order valence-electron chi connectivity index (χ4n) is 1.07. The number of carbonyl (C=O) groups excluding carboxylic acids is 1. The minimum Gasteiger partial charge on any atom is -0.495 e. The lowest BCUT2D eigenvalue weighted by atomic mass is 10.2. The van der Waals surface area contributed by atoms with E-state index < -0.39 is 11.8 Å². The minimum atomic E-state index is -0.666. The summed E-state index contributed by atoms with van der Waals surface area (Å²) < 4.78 is 22.6. The minimum absolute atomic E-state index is 0.0321. The summed E-state index contributed by atoms with van der Waals surface area (Å²) in [6, 6.07) is 2.12. The topological polar surface area (TPSA) is 35.5 Å². The number of halogens is 2. The number of esters is 1. The van der Waals surface area contributed by atoms with E-state index in [0.717, 1.165) is 12.1 Å². The zero-order valence-electron chi connectivity index (χ0n) is 8.34. The van der Waals surface area contributed by atoms with Crippen LogP contribution in [-0.2, 0) is 4.74 Å². The molecule has 0 bridgehead atoms. The van der Waals surface area contributed by atoms with Gasteiger partial charge in [-0.3, -0.25) is 0 Å². The Morgan fingerprint density at radius 2 is 2.20 bits per heavy atom. The molecule has 0 aliphatic rings. The van der Waals surface area contributed by atoms with Gasteiger partial charge in [0.15, 0.2) is 0 Å². The van der Waals surface area contributed by atoms with E-state index in [1.165, 1.54) is 7.11 Å². The molecule has 1 rings (SSSR count). The molecular weight excluding hydrogens is 223 g/mol. The zero-order valence-corrected chi connectivity index (χ0v) is 9.10. The van der Waals surface area contributed by atoms with Gasteiger partial charge in [-0.05, 0) is 13.0 Å². The van der Waals surface area contributed by atoms with Crippen molar-refractivity contribution in [3.8, 4) is 5.75 Å². The molecule has 0 saturated heterocycles. The Bertz CT molecular complexity index is 379. The Labute approximate surface area is 91.7 Å². The van der Waals surface area contributed by atoms with E-state index in [4.69, 9.17) is 21.1 Å². The Morgan fingerprint density at radius 3 is 2.73 bits per heavy atom. The van der Waals surface area contributed by atoms with E-state index in [9.17, 15) is 9.18 Å². The lowest BCUT2D eigenvalue weighted by molar-refractivity contribution is 0.0525. The number of methoxy groups -OCH3 is 1. The molecule has 0 unspecified atom stereocenters. The largest absolute Gasteiger partial charge is 0.495 e. The summed E-state index contributed by atoms with van der Waals surface area (Å²) in [5, 5.41) is 0.0531. The van der Waals surface area contributed by atoms with Crippen molar-refractivity contribution in [2.45, 2.75) is 6.92 Å². The second kappa shape index (κ2) is 4.98. The van der Waals surface area contributed by atoms with Gasteiger partial charge in [0.05, 0.1) is 24.3 Å². The fraction of sp³-hybridized carbons (Fsp3) is 0.300. The summed E-state index contributed by atoms with van der Waals surface area (Å²) in [6.07, 6.45) is 0. The van der Waals surface area contributed by atoms with Crippen molar-refractivity contribution in [1.82, 2.24) is 0 Å². The number of hydrogen-bond acceptors (Lipinski definition) is 3. The van der Waals surface area contributed by atoms with E-state index in [-0.39, 0.29) is 22.9 Å². The molecular formula is C10H10ClFO3. The molecule has 0 fully saturated rings. The van der Waals surface area contributed by atoms with Gasteiger partial charge < -0.3 is 9.47 Å². The van der Waals surface area contributed by atoms with Gasteiger partial charge in [-0.1, -0.05) is 11.6 Å². The van der Waals surface area contributed by atoms with Crippen LogP contribution in [-0.4, -0.2) is 19.7 Å². The third kappa shape index (κ3) is 2.59. The number of carbonyl (C=O) groups is 1. The Hall–Kier alpha value is -1.29. The van der Waals surface area contributed by atoms with E-state index in [2.05, 4.69) is 0 Å². The molecule has 82 valence electrons. The van der Waals surface area contributed by atoms with Crippen molar-refractivity contribution in [3.05, 3.63) is 28.5 Å². The number of hydrogen-bond donors (Lipinski definition) is 0. The molecule has 0 atom stereocenters. The number of benzene rings is 1. The van der Waals surface area contributed by atoms with E-state index in [1.54, 1.807) is 6.92 Å². The molecule has 0 aliphatic heterocycles. The molecule has 1 aromatic carbocycles. The van der Waals surface area contributed by atoms with Crippen LogP contribution in [0.15, 0.2) is 12.1 Å². The van der Waals surface area contributed by atoms with Gasteiger partial charge in [-0.15, -0.1) is 0 Å². The second-order valence-electron chi connectivity index (χ2n) is 2.69. The predicted molar refractivity (Wildman–Crippen MR) is 53.9 cm³/mol. The quantitative estimate of drug-likeness (QED) is 0.752. The average Bonchev–Trinajstić information content (AvgIpc) is 2.21. The van der Waals surface area contributed by atoms with Gasteiger partial charge in [0.25, 0.3) is 0 Å². The average molecular weight is 233 g/mol. The predicted octanol–water partition coefficient (Wildman–Crippen LogP) is 2.66. The highest BCUT2D eigenvalue weighted by atomic mass is 35.5. The molecule has 0 spiro atoms. The van der Waals surface area contributed by atoms with Crippen molar-refractivity contribution in [2.75, 3.05) is 13.7 Å². The smallest absolute Gasteiger partial charge is 0.339 e. The van der Waals surface area contributed by atoms with Crippen LogP contribution in [0.2, 0.25) is 5.02 Å². The van der Waals surface area contributed by atoms with Crippen LogP contribution in [0, 0.1) is 5.82 Å². The molecule has 0 heterocycles. The van der Waals surface area contributed by atoms with Crippen molar-refractivity contribution in [1.29, 1.82) is 0 Å². The summed E-state index contributed by atoms with van der Waals surface area (Å²) in [5.41, 5.74) is -0.0321. The first-order valence-corrected chi connectivity index (χ1v) is 4.68.